The third-order valence-corrected chi connectivity index (χ3v) is 3.25. The molecule has 0 amide bonds. The predicted molar refractivity (Wildman–Crippen MR) is 75.5 cm³/mol. The van der Waals surface area contributed by atoms with E-state index in [2.05, 4.69) is 15.3 Å². The van der Waals surface area contributed by atoms with Crippen molar-refractivity contribution in [1.29, 1.82) is 0 Å². The van der Waals surface area contributed by atoms with Crippen molar-refractivity contribution in [1.82, 2.24) is 9.97 Å². The van der Waals surface area contributed by atoms with E-state index in [4.69, 9.17) is 0 Å². The molecule has 0 aliphatic carbocycles. The maximum Gasteiger partial charge on any atom is 0.433 e. The minimum absolute atomic E-state index is 0.0389. The molecule has 0 aliphatic rings. The Kier molecular flexibility index (Phi) is 3.46. The Bertz CT molecular complexity index is 883. The van der Waals surface area contributed by atoms with Gasteiger partial charge in [0.2, 0.25) is 0 Å². The number of hydrogen-bond donors (Lipinski definition) is 2. The van der Waals surface area contributed by atoms with Crippen molar-refractivity contribution >= 4 is 22.4 Å². The molecule has 0 radical (unpaired) electrons. The average molecular weight is 327 g/mol. The molecule has 0 bridgehead atoms. The van der Waals surface area contributed by atoms with Gasteiger partial charge >= 0.3 is 6.18 Å². The first-order valence-corrected chi connectivity index (χ1v) is 6.53. The monoisotopic (exact) mass is 327 g/mol. The van der Waals surface area contributed by atoms with Gasteiger partial charge in [0.05, 0.1) is 11.2 Å². The molecule has 23 heavy (non-hydrogen) atoms. The largest absolute Gasteiger partial charge is 0.433 e. The number of hydrogen-bond acceptors (Lipinski definition) is 2. The van der Waals surface area contributed by atoms with Crippen molar-refractivity contribution < 1.29 is 22.0 Å². The van der Waals surface area contributed by atoms with Crippen LogP contribution in [0.3, 0.4) is 0 Å². The molecule has 0 aliphatic heterocycles. The fourth-order valence-electron chi connectivity index (χ4n) is 2.23. The van der Waals surface area contributed by atoms with E-state index in [1.807, 2.05) is 0 Å². The van der Waals surface area contributed by atoms with E-state index in [1.54, 1.807) is 0 Å². The van der Waals surface area contributed by atoms with Crippen molar-refractivity contribution in [3.8, 4) is 0 Å². The van der Waals surface area contributed by atoms with Crippen LogP contribution in [0.5, 0.6) is 0 Å². The molecule has 2 N–H and O–H groups in total. The standard InChI is InChI=1S/C15H10F5N3/c1-7-2-13(15(18,19)20)23-14(3-7)22-12-6-21-11-5-10(17)9(16)4-8(11)12/h2-6,21H,1H3,(H,22,23). The number of aryl methyl sites for hydroxylation is 1. The van der Waals surface area contributed by atoms with Crippen LogP contribution in [0.1, 0.15) is 11.3 Å². The molecule has 3 nitrogen and oxygen atoms in total. The summed E-state index contributed by atoms with van der Waals surface area (Å²) in [4.78, 5) is 6.23. The number of halogens is 5. The summed E-state index contributed by atoms with van der Waals surface area (Å²) in [5.74, 6) is -2.10. The summed E-state index contributed by atoms with van der Waals surface area (Å²) < 4.78 is 64.9. The van der Waals surface area contributed by atoms with E-state index in [1.165, 1.54) is 19.2 Å². The molecule has 0 fully saturated rings. The van der Waals surface area contributed by atoms with E-state index in [-0.39, 0.29) is 5.82 Å². The van der Waals surface area contributed by atoms with Crippen LogP contribution < -0.4 is 5.32 Å². The zero-order valence-electron chi connectivity index (χ0n) is 11.7. The SMILES string of the molecule is Cc1cc(Nc2c[nH]c3cc(F)c(F)cc23)nc(C(F)(F)F)c1. The third-order valence-electron chi connectivity index (χ3n) is 3.25. The van der Waals surface area contributed by atoms with Crippen LogP contribution in [0, 0.1) is 18.6 Å². The highest BCUT2D eigenvalue weighted by molar-refractivity contribution is 5.93. The average Bonchev–Trinajstić information content (AvgIpc) is 2.80. The normalized spacial score (nSPS) is 11.9. The Morgan fingerprint density at radius 3 is 2.43 bits per heavy atom. The molecule has 2 aromatic heterocycles. The van der Waals surface area contributed by atoms with Crippen molar-refractivity contribution in [2.45, 2.75) is 13.1 Å². The van der Waals surface area contributed by atoms with Gasteiger partial charge in [0.25, 0.3) is 0 Å². The fraction of sp³-hybridized carbons (Fsp3) is 0.133. The number of benzene rings is 1. The molecule has 0 atom stereocenters. The summed E-state index contributed by atoms with van der Waals surface area (Å²) in [7, 11) is 0. The molecule has 3 rings (SSSR count). The number of alkyl halides is 3. The molecule has 1 aromatic carbocycles. The second-order valence-corrected chi connectivity index (χ2v) is 5.05. The van der Waals surface area contributed by atoms with Crippen LogP contribution in [0.4, 0.5) is 33.5 Å². The number of H-pyrrole nitrogens is 1. The Hall–Kier alpha value is -2.64. The first-order chi connectivity index (χ1) is 10.7. The molecule has 0 spiro atoms. The molecule has 8 heteroatoms. The highest BCUT2D eigenvalue weighted by Crippen LogP contribution is 2.31. The highest BCUT2D eigenvalue weighted by atomic mass is 19.4. The van der Waals surface area contributed by atoms with Crippen LogP contribution >= 0.6 is 0 Å². The first kappa shape index (κ1) is 15.3. The summed E-state index contributed by atoms with van der Waals surface area (Å²) in [5, 5.41) is 3.00. The van der Waals surface area contributed by atoms with Crippen molar-refractivity contribution in [3.05, 3.63) is 53.4 Å². The number of pyridine rings is 1. The van der Waals surface area contributed by atoms with E-state index >= 15 is 0 Å². The second kappa shape index (κ2) is 5.22. The Balaban J connectivity index is 2.03. The molecular formula is C15H10F5N3. The lowest BCUT2D eigenvalue weighted by Gasteiger charge is -2.10. The lowest BCUT2D eigenvalue weighted by Crippen LogP contribution is -2.09. The van der Waals surface area contributed by atoms with Gasteiger partial charge in [0.1, 0.15) is 11.5 Å². The summed E-state index contributed by atoms with van der Waals surface area (Å²) in [5.41, 5.74) is -0.0517. The summed E-state index contributed by atoms with van der Waals surface area (Å²) in [6, 6.07) is 4.29. The number of fused-ring (bicyclic) bond motifs is 1. The lowest BCUT2D eigenvalue weighted by molar-refractivity contribution is -0.141. The van der Waals surface area contributed by atoms with Crippen molar-refractivity contribution in [3.63, 3.8) is 0 Å². The number of nitrogens with zero attached hydrogens (tertiary/aromatic N) is 1. The van der Waals surface area contributed by atoms with Crippen LogP contribution in [0.25, 0.3) is 10.9 Å². The maximum absolute atomic E-state index is 13.3. The summed E-state index contributed by atoms with van der Waals surface area (Å²) >= 11 is 0. The topological polar surface area (TPSA) is 40.7 Å². The van der Waals surface area contributed by atoms with E-state index in [0.29, 0.717) is 22.2 Å². The quantitative estimate of drug-likeness (QED) is 0.657. The third kappa shape index (κ3) is 2.96. The molecule has 3 aromatic rings. The Labute approximate surface area is 127 Å². The van der Waals surface area contributed by atoms with Gasteiger partial charge in [0.15, 0.2) is 11.6 Å². The van der Waals surface area contributed by atoms with Gasteiger partial charge < -0.3 is 10.3 Å². The molecule has 0 saturated carbocycles. The first-order valence-electron chi connectivity index (χ1n) is 6.53. The van der Waals surface area contributed by atoms with Crippen LogP contribution in [-0.2, 0) is 6.18 Å². The number of anilines is 2. The number of aromatic nitrogens is 2. The highest BCUT2D eigenvalue weighted by Gasteiger charge is 2.33. The lowest BCUT2D eigenvalue weighted by atomic mass is 10.2. The van der Waals surface area contributed by atoms with Crippen molar-refractivity contribution in [2.24, 2.45) is 0 Å². The van der Waals surface area contributed by atoms with Crippen LogP contribution in [0.15, 0.2) is 30.5 Å². The summed E-state index contributed by atoms with van der Waals surface area (Å²) in [6.45, 7) is 1.51. The number of nitrogens with one attached hydrogen (secondary N) is 2. The Morgan fingerprint density at radius 2 is 1.74 bits per heavy atom. The molecule has 2 heterocycles. The second-order valence-electron chi connectivity index (χ2n) is 5.05. The Morgan fingerprint density at radius 1 is 1.04 bits per heavy atom. The smallest absolute Gasteiger partial charge is 0.359 e. The van der Waals surface area contributed by atoms with Gasteiger partial charge in [-0.05, 0) is 30.7 Å². The number of rotatable bonds is 2. The van der Waals surface area contributed by atoms with Gasteiger partial charge in [-0.1, -0.05) is 0 Å². The zero-order chi connectivity index (χ0) is 16.8. The number of aromatic amines is 1. The van der Waals surface area contributed by atoms with Gasteiger partial charge in [-0.3, -0.25) is 0 Å². The van der Waals surface area contributed by atoms with Crippen LogP contribution in [0.2, 0.25) is 0 Å². The molecule has 0 unspecified atom stereocenters. The van der Waals surface area contributed by atoms with Crippen LogP contribution in [-0.4, -0.2) is 9.97 Å². The molecule has 120 valence electrons. The van der Waals surface area contributed by atoms with Gasteiger partial charge in [-0.2, -0.15) is 13.2 Å². The zero-order valence-corrected chi connectivity index (χ0v) is 11.7. The van der Waals surface area contributed by atoms with E-state index < -0.39 is 23.5 Å². The predicted octanol–water partition coefficient (Wildman–Crippen LogP) is 4.91. The van der Waals surface area contributed by atoms with Gasteiger partial charge in [-0.15, -0.1) is 0 Å². The van der Waals surface area contributed by atoms with Gasteiger partial charge in [0, 0.05) is 17.6 Å². The fourth-order valence-corrected chi connectivity index (χ4v) is 2.23. The summed E-state index contributed by atoms with van der Waals surface area (Å²) in [6.07, 6.45) is -3.17. The van der Waals surface area contributed by atoms with Crippen molar-refractivity contribution in [2.75, 3.05) is 5.32 Å². The van der Waals surface area contributed by atoms with E-state index in [0.717, 1.165) is 18.2 Å². The molecular weight excluding hydrogens is 317 g/mol. The van der Waals surface area contributed by atoms with Gasteiger partial charge in [-0.25, -0.2) is 13.8 Å². The van der Waals surface area contributed by atoms with E-state index in [9.17, 15) is 22.0 Å². The minimum Gasteiger partial charge on any atom is -0.359 e. The molecule has 0 saturated heterocycles. The maximum atomic E-state index is 13.3. The minimum atomic E-state index is -4.57.